The maximum Gasteiger partial charge on any atom is 0.227 e. The number of anilines is 1. The number of para-hydroxylation sites is 1. The number of nitrogens with zero attached hydrogens (tertiary/aromatic N) is 2. The number of ether oxygens (including phenoxy) is 1. The molecular weight excluding hydrogens is 312 g/mol. The molecule has 0 saturated carbocycles. The number of aromatic nitrogens is 2. The molecule has 2 N–H and O–H groups in total. The van der Waals surface area contributed by atoms with Gasteiger partial charge in [-0.2, -0.15) is 4.98 Å². The first-order valence-corrected chi connectivity index (χ1v) is 9.32. The Kier molecular flexibility index (Phi) is 4.57. The van der Waals surface area contributed by atoms with Crippen LogP contribution >= 0.6 is 0 Å². The number of benzene rings is 1. The van der Waals surface area contributed by atoms with E-state index in [0.717, 1.165) is 73.6 Å². The van der Waals surface area contributed by atoms with E-state index in [9.17, 15) is 0 Å². The Morgan fingerprint density at radius 1 is 1.08 bits per heavy atom. The Bertz CT molecular complexity index is 748. The molecule has 0 atom stereocenters. The summed E-state index contributed by atoms with van der Waals surface area (Å²) in [6.45, 7) is 6.26. The molecule has 1 aromatic carbocycles. The second kappa shape index (κ2) is 7.00. The number of piperidine rings is 1. The van der Waals surface area contributed by atoms with Gasteiger partial charge in [-0.05, 0) is 70.2 Å². The van der Waals surface area contributed by atoms with Crippen molar-refractivity contribution in [2.24, 2.45) is 0 Å². The third-order valence-electron chi connectivity index (χ3n) is 5.18. The summed E-state index contributed by atoms with van der Waals surface area (Å²) in [5.74, 6) is 2.37. The van der Waals surface area contributed by atoms with E-state index in [1.165, 1.54) is 5.56 Å². The number of fused-ring (bicyclic) bond motifs is 1. The summed E-state index contributed by atoms with van der Waals surface area (Å²) in [7, 11) is 0. The molecule has 1 aromatic heterocycles. The summed E-state index contributed by atoms with van der Waals surface area (Å²) >= 11 is 0. The van der Waals surface area contributed by atoms with Crippen molar-refractivity contribution >= 4 is 5.95 Å². The lowest BCUT2D eigenvalue weighted by atomic mass is 10.1. The zero-order chi connectivity index (χ0) is 17.2. The molecule has 0 bridgehead atoms. The Balaban J connectivity index is 1.64. The highest BCUT2D eigenvalue weighted by Gasteiger charge is 2.23. The second-order valence-electron chi connectivity index (χ2n) is 7.12. The Morgan fingerprint density at radius 2 is 1.84 bits per heavy atom. The van der Waals surface area contributed by atoms with E-state index in [4.69, 9.17) is 14.7 Å². The average molecular weight is 338 g/mol. The lowest BCUT2D eigenvalue weighted by Gasteiger charge is -2.24. The largest absolute Gasteiger partial charge is 0.438 e. The summed E-state index contributed by atoms with van der Waals surface area (Å²) in [6.07, 6.45) is 5.36. The first-order valence-electron chi connectivity index (χ1n) is 9.32. The SMILES string of the molecule is Cc1cccc(C)c1Oc1nc(NC2CCNCC2)nc2c1CCC2. The van der Waals surface area contributed by atoms with Crippen molar-refractivity contribution < 1.29 is 4.74 Å². The van der Waals surface area contributed by atoms with Gasteiger partial charge in [0.2, 0.25) is 11.8 Å². The van der Waals surface area contributed by atoms with Gasteiger partial charge >= 0.3 is 0 Å². The van der Waals surface area contributed by atoms with Gasteiger partial charge in [-0.15, -0.1) is 0 Å². The smallest absolute Gasteiger partial charge is 0.227 e. The third kappa shape index (κ3) is 3.47. The normalized spacial score (nSPS) is 17.4. The molecule has 5 nitrogen and oxygen atoms in total. The fourth-order valence-electron chi connectivity index (χ4n) is 3.75. The highest BCUT2D eigenvalue weighted by Crippen LogP contribution is 2.34. The lowest BCUT2D eigenvalue weighted by molar-refractivity contribution is 0.446. The molecule has 0 spiro atoms. The van der Waals surface area contributed by atoms with E-state index >= 15 is 0 Å². The predicted octanol–water partition coefficient (Wildman–Crippen LogP) is 3.54. The first kappa shape index (κ1) is 16.3. The number of hydrogen-bond acceptors (Lipinski definition) is 5. The summed E-state index contributed by atoms with van der Waals surface area (Å²) in [6, 6.07) is 6.66. The topological polar surface area (TPSA) is 59.1 Å². The van der Waals surface area contributed by atoms with Crippen LogP contribution in [0.15, 0.2) is 18.2 Å². The van der Waals surface area contributed by atoms with Gasteiger partial charge in [0.1, 0.15) is 5.75 Å². The van der Waals surface area contributed by atoms with Crippen molar-refractivity contribution in [1.82, 2.24) is 15.3 Å². The molecular formula is C20H26N4O. The van der Waals surface area contributed by atoms with Gasteiger partial charge in [0, 0.05) is 11.6 Å². The van der Waals surface area contributed by atoms with Crippen molar-refractivity contribution in [3.05, 3.63) is 40.6 Å². The van der Waals surface area contributed by atoms with Gasteiger partial charge in [0.15, 0.2) is 0 Å². The Labute approximate surface area is 149 Å². The summed E-state index contributed by atoms with van der Waals surface area (Å²) in [5.41, 5.74) is 4.60. The van der Waals surface area contributed by atoms with E-state index in [2.05, 4.69) is 42.7 Å². The van der Waals surface area contributed by atoms with Crippen molar-refractivity contribution in [3.8, 4) is 11.6 Å². The molecule has 0 radical (unpaired) electrons. The molecule has 2 heterocycles. The monoisotopic (exact) mass is 338 g/mol. The van der Waals surface area contributed by atoms with Crippen LogP contribution in [0.2, 0.25) is 0 Å². The highest BCUT2D eigenvalue weighted by molar-refractivity contribution is 5.47. The molecule has 1 saturated heterocycles. The van der Waals surface area contributed by atoms with Crippen LogP contribution in [0.1, 0.15) is 41.6 Å². The van der Waals surface area contributed by atoms with E-state index in [-0.39, 0.29) is 0 Å². The van der Waals surface area contributed by atoms with Crippen LogP contribution in [-0.2, 0) is 12.8 Å². The average Bonchev–Trinajstić information content (AvgIpc) is 3.08. The molecule has 0 unspecified atom stereocenters. The van der Waals surface area contributed by atoms with Gasteiger partial charge in [-0.3, -0.25) is 0 Å². The predicted molar refractivity (Wildman–Crippen MR) is 99.6 cm³/mol. The molecule has 1 fully saturated rings. The lowest BCUT2D eigenvalue weighted by Crippen LogP contribution is -2.35. The molecule has 25 heavy (non-hydrogen) atoms. The van der Waals surface area contributed by atoms with Gasteiger partial charge in [-0.25, -0.2) is 4.98 Å². The van der Waals surface area contributed by atoms with E-state index in [1.807, 2.05) is 0 Å². The van der Waals surface area contributed by atoms with Crippen LogP contribution in [0.5, 0.6) is 11.6 Å². The van der Waals surface area contributed by atoms with E-state index in [1.54, 1.807) is 0 Å². The molecule has 5 heteroatoms. The molecule has 1 aliphatic heterocycles. The van der Waals surface area contributed by atoms with Crippen molar-refractivity contribution in [2.75, 3.05) is 18.4 Å². The van der Waals surface area contributed by atoms with Crippen molar-refractivity contribution in [2.45, 2.75) is 52.0 Å². The fraction of sp³-hybridized carbons (Fsp3) is 0.500. The van der Waals surface area contributed by atoms with E-state index < -0.39 is 0 Å². The van der Waals surface area contributed by atoms with Crippen LogP contribution in [0.3, 0.4) is 0 Å². The summed E-state index contributed by atoms with van der Waals surface area (Å²) in [4.78, 5) is 9.52. The zero-order valence-electron chi connectivity index (χ0n) is 15.1. The Hall–Kier alpha value is -2.14. The molecule has 0 amide bonds. The van der Waals surface area contributed by atoms with Crippen LogP contribution < -0.4 is 15.4 Å². The zero-order valence-corrected chi connectivity index (χ0v) is 15.1. The molecule has 2 aromatic rings. The van der Waals surface area contributed by atoms with Gasteiger partial charge in [0.25, 0.3) is 0 Å². The summed E-state index contributed by atoms with van der Waals surface area (Å²) in [5, 5.41) is 6.92. The quantitative estimate of drug-likeness (QED) is 0.893. The fourth-order valence-corrected chi connectivity index (χ4v) is 3.75. The minimum absolute atomic E-state index is 0.439. The maximum absolute atomic E-state index is 6.31. The molecule has 2 aliphatic rings. The number of rotatable bonds is 4. The van der Waals surface area contributed by atoms with Crippen LogP contribution in [0.4, 0.5) is 5.95 Å². The maximum atomic E-state index is 6.31. The molecule has 132 valence electrons. The first-order chi connectivity index (χ1) is 12.2. The minimum atomic E-state index is 0.439. The van der Waals surface area contributed by atoms with Gasteiger partial charge in [-0.1, -0.05) is 18.2 Å². The highest BCUT2D eigenvalue weighted by atomic mass is 16.5. The molecule has 4 rings (SSSR count). The van der Waals surface area contributed by atoms with Crippen molar-refractivity contribution in [3.63, 3.8) is 0 Å². The van der Waals surface area contributed by atoms with E-state index in [0.29, 0.717) is 12.0 Å². The molecule has 1 aliphatic carbocycles. The third-order valence-corrected chi connectivity index (χ3v) is 5.18. The van der Waals surface area contributed by atoms with Gasteiger partial charge < -0.3 is 15.4 Å². The van der Waals surface area contributed by atoms with Gasteiger partial charge in [0.05, 0.1) is 5.69 Å². The van der Waals surface area contributed by atoms with Crippen LogP contribution in [-0.4, -0.2) is 29.1 Å². The van der Waals surface area contributed by atoms with Crippen molar-refractivity contribution in [1.29, 1.82) is 0 Å². The number of nitrogens with one attached hydrogen (secondary N) is 2. The second-order valence-corrected chi connectivity index (χ2v) is 7.12. The van der Waals surface area contributed by atoms with Crippen LogP contribution in [0.25, 0.3) is 0 Å². The number of aryl methyl sites for hydroxylation is 3. The minimum Gasteiger partial charge on any atom is -0.438 e. The Morgan fingerprint density at radius 3 is 2.60 bits per heavy atom. The number of hydrogen-bond donors (Lipinski definition) is 2. The standard InChI is InChI=1S/C20H26N4O/c1-13-5-3-6-14(2)18(13)25-19-16-7-4-8-17(16)23-20(24-19)22-15-9-11-21-12-10-15/h3,5-6,15,21H,4,7-12H2,1-2H3,(H,22,23,24). The summed E-state index contributed by atoms with van der Waals surface area (Å²) < 4.78 is 6.31. The van der Waals surface area contributed by atoms with Crippen LogP contribution in [0, 0.1) is 13.8 Å².